The Hall–Kier alpha value is -1.17. The van der Waals surface area contributed by atoms with Gasteiger partial charge in [-0.2, -0.15) is 11.3 Å². The quantitative estimate of drug-likeness (QED) is 0.796. The van der Waals surface area contributed by atoms with Gasteiger partial charge >= 0.3 is 0 Å². The summed E-state index contributed by atoms with van der Waals surface area (Å²) < 4.78 is 5.28. The summed E-state index contributed by atoms with van der Waals surface area (Å²) in [5, 5.41) is 7.92. The lowest BCUT2D eigenvalue weighted by Crippen LogP contribution is -2.08. The summed E-state index contributed by atoms with van der Waals surface area (Å²) in [6.07, 6.45) is 0.964. The number of aromatic nitrogens is 2. The van der Waals surface area contributed by atoms with Crippen LogP contribution >= 0.6 is 22.9 Å². The zero-order valence-electron chi connectivity index (χ0n) is 10.7. The van der Waals surface area contributed by atoms with Crippen LogP contribution in [0.3, 0.4) is 0 Å². The molecule has 0 fully saturated rings. The fourth-order valence-electron chi connectivity index (χ4n) is 1.58. The van der Waals surface area contributed by atoms with Crippen LogP contribution in [0.2, 0.25) is 5.15 Å². The molecule has 102 valence electrons. The first kappa shape index (κ1) is 14.2. The van der Waals surface area contributed by atoms with Crippen molar-refractivity contribution in [3.8, 4) is 0 Å². The lowest BCUT2D eigenvalue weighted by atomic mass is 10.2. The summed E-state index contributed by atoms with van der Waals surface area (Å²) in [7, 11) is 0. The van der Waals surface area contributed by atoms with E-state index in [2.05, 4.69) is 32.1 Å². The van der Waals surface area contributed by atoms with Gasteiger partial charge in [0, 0.05) is 19.2 Å². The predicted molar refractivity (Wildman–Crippen MR) is 78.9 cm³/mol. The summed E-state index contributed by atoms with van der Waals surface area (Å²) in [4.78, 5) is 8.48. The van der Waals surface area contributed by atoms with Crippen molar-refractivity contribution in [2.75, 3.05) is 18.5 Å². The number of hydrogen-bond donors (Lipinski definition) is 1. The zero-order valence-corrected chi connectivity index (χ0v) is 12.3. The first-order chi connectivity index (χ1) is 9.28. The van der Waals surface area contributed by atoms with E-state index in [1.54, 1.807) is 17.4 Å². The molecule has 0 atom stereocenters. The van der Waals surface area contributed by atoms with Crippen molar-refractivity contribution in [3.63, 3.8) is 0 Å². The van der Waals surface area contributed by atoms with Crippen LogP contribution in [-0.4, -0.2) is 23.1 Å². The number of rotatable bonds is 7. The largest absolute Gasteiger partial charge is 0.374 e. The van der Waals surface area contributed by atoms with Gasteiger partial charge in [0.1, 0.15) is 17.6 Å². The van der Waals surface area contributed by atoms with E-state index in [4.69, 9.17) is 16.3 Å². The lowest BCUT2D eigenvalue weighted by Gasteiger charge is -2.07. The average molecular weight is 298 g/mol. The Bertz CT molecular complexity index is 505. The molecule has 2 aromatic heterocycles. The van der Waals surface area contributed by atoms with E-state index in [-0.39, 0.29) is 0 Å². The van der Waals surface area contributed by atoms with Crippen LogP contribution in [0.1, 0.15) is 18.3 Å². The van der Waals surface area contributed by atoms with Gasteiger partial charge in [0.05, 0.1) is 0 Å². The molecule has 0 aliphatic heterocycles. The predicted octanol–water partition coefficient (Wildman–Crippen LogP) is 3.38. The summed E-state index contributed by atoms with van der Waals surface area (Å²) in [6.45, 7) is 3.77. The van der Waals surface area contributed by atoms with Crippen LogP contribution in [0.4, 0.5) is 5.82 Å². The third-order valence-corrected chi connectivity index (χ3v) is 3.40. The van der Waals surface area contributed by atoms with E-state index in [1.807, 2.05) is 6.92 Å². The number of nitrogens with one attached hydrogen (secondary N) is 1. The maximum Gasteiger partial charge on any atom is 0.158 e. The summed E-state index contributed by atoms with van der Waals surface area (Å²) in [5.41, 5.74) is 1.33. The van der Waals surface area contributed by atoms with Crippen molar-refractivity contribution in [1.29, 1.82) is 0 Å². The minimum absolute atomic E-state index is 0.385. The van der Waals surface area contributed by atoms with Crippen LogP contribution in [0.15, 0.2) is 22.9 Å². The number of halogens is 1. The highest BCUT2D eigenvalue weighted by molar-refractivity contribution is 7.07. The monoisotopic (exact) mass is 297 g/mol. The molecule has 0 spiro atoms. The van der Waals surface area contributed by atoms with E-state index in [1.165, 1.54) is 5.56 Å². The molecule has 6 heteroatoms. The molecule has 0 unspecified atom stereocenters. The molecule has 0 radical (unpaired) electrons. The van der Waals surface area contributed by atoms with E-state index in [0.717, 1.165) is 18.8 Å². The molecule has 0 saturated heterocycles. The fraction of sp³-hybridized carbons (Fsp3) is 0.385. The van der Waals surface area contributed by atoms with Crippen LogP contribution in [0.25, 0.3) is 0 Å². The molecule has 0 saturated carbocycles. The molecule has 0 aliphatic rings. The van der Waals surface area contributed by atoms with E-state index in [0.29, 0.717) is 24.2 Å². The molecule has 19 heavy (non-hydrogen) atoms. The van der Waals surface area contributed by atoms with Crippen molar-refractivity contribution in [2.24, 2.45) is 0 Å². The molecule has 0 aliphatic carbocycles. The Morgan fingerprint density at radius 3 is 3.05 bits per heavy atom. The van der Waals surface area contributed by atoms with Crippen molar-refractivity contribution >= 4 is 28.8 Å². The summed E-state index contributed by atoms with van der Waals surface area (Å²) >= 11 is 7.67. The van der Waals surface area contributed by atoms with Gasteiger partial charge < -0.3 is 10.1 Å². The van der Waals surface area contributed by atoms with E-state index >= 15 is 0 Å². The first-order valence-electron chi connectivity index (χ1n) is 6.14. The van der Waals surface area contributed by atoms with Gasteiger partial charge in [-0.3, -0.25) is 0 Å². The van der Waals surface area contributed by atoms with Crippen LogP contribution in [-0.2, 0) is 17.8 Å². The maximum absolute atomic E-state index is 5.96. The van der Waals surface area contributed by atoms with Crippen molar-refractivity contribution in [2.45, 2.75) is 20.0 Å². The molecule has 0 amide bonds. The smallest absolute Gasteiger partial charge is 0.158 e. The highest BCUT2D eigenvalue weighted by Gasteiger charge is 2.03. The molecule has 2 heterocycles. The molecule has 1 N–H and O–H groups in total. The molecule has 0 aromatic carbocycles. The van der Waals surface area contributed by atoms with Crippen LogP contribution in [0, 0.1) is 0 Å². The van der Waals surface area contributed by atoms with Gasteiger partial charge in [-0.15, -0.1) is 0 Å². The third kappa shape index (κ3) is 4.78. The normalized spacial score (nSPS) is 10.6. The third-order valence-electron chi connectivity index (χ3n) is 2.48. The number of hydrogen-bond acceptors (Lipinski definition) is 5. The van der Waals surface area contributed by atoms with Gasteiger partial charge in [0.25, 0.3) is 0 Å². The Labute approximate surface area is 121 Å². The number of nitrogens with zero attached hydrogens (tertiary/aromatic N) is 2. The Balaban J connectivity index is 1.90. The lowest BCUT2D eigenvalue weighted by molar-refractivity contribution is 0.128. The maximum atomic E-state index is 5.96. The Kier molecular flexibility index (Phi) is 5.57. The molecule has 2 aromatic rings. The highest BCUT2D eigenvalue weighted by Crippen LogP contribution is 2.13. The fourth-order valence-corrected chi connectivity index (χ4v) is 2.49. The van der Waals surface area contributed by atoms with Gasteiger partial charge in [0.2, 0.25) is 0 Å². The molecule has 0 bridgehead atoms. The van der Waals surface area contributed by atoms with Crippen LogP contribution in [0.5, 0.6) is 0 Å². The molecule has 2 rings (SSSR count). The van der Waals surface area contributed by atoms with Crippen molar-refractivity contribution < 1.29 is 4.74 Å². The number of ether oxygens (including phenoxy) is 1. The zero-order chi connectivity index (χ0) is 13.5. The van der Waals surface area contributed by atoms with Crippen molar-refractivity contribution in [3.05, 3.63) is 39.4 Å². The van der Waals surface area contributed by atoms with E-state index < -0.39 is 0 Å². The van der Waals surface area contributed by atoms with Crippen LogP contribution < -0.4 is 5.32 Å². The Morgan fingerprint density at radius 2 is 2.32 bits per heavy atom. The minimum atomic E-state index is 0.385. The minimum Gasteiger partial charge on any atom is -0.374 e. The second-order valence-electron chi connectivity index (χ2n) is 3.94. The second-order valence-corrected chi connectivity index (χ2v) is 5.10. The Morgan fingerprint density at radius 1 is 1.42 bits per heavy atom. The van der Waals surface area contributed by atoms with Gasteiger partial charge in [-0.05, 0) is 35.7 Å². The SMILES string of the molecule is CCOCc1nc(Cl)cc(NCCc2ccsc2)n1. The molecule has 4 nitrogen and oxygen atoms in total. The topological polar surface area (TPSA) is 47.0 Å². The second kappa shape index (κ2) is 7.43. The van der Waals surface area contributed by atoms with Gasteiger partial charge in [-0.1, -0.05) is 11.6 Å². The first-order valence-corrected chi connectivity index (χ1v) is 7.46. The number of anilines is 1. The molecular formula is C13H16ClN3OS. The van der Waals surface area contributed by atoms with Gasteiger partial charge in [-0.25, -0.2) is 9.97 Å². The standard InChI is InChI=1S/C13H16ClN3OS/c1-2-18-8-13-16-11(14)7-12(17-13)15-5-3-10-4-6-19-9-10/h4,6-7,9H,2-3,5,8H2,1H3,(H,15,16,17). The summed E-state index contributed by atoms with van der Waals surface area (Å²) in [6, 6.07) is 3.85. The number of thiophene rings is 1. The van der Waals surface area contributed by atoms with Gasteiger partial charge in [0.15, 0.2) is 5.82 Å². The molecular weight excluding hydrogens is 282 g/mol. The highest BCUT2D eigenvalue weighted by atomic mass is 35.5. The summed E-state index contributed by atoms with van der Waals surface area (Å²) in [5.74, 6) is 1.34. The average Bonchev–Trinajstić information content (AvgIpc) is 2.89. The van der Waals surface area contributed by atoms with E-state index in [9.17, 15) is 0 Å². The van der Waals surface area contributed by atoms with Crippen molar-refractivity contribution in [1.82, 2.24) is 9.97 Å².